The molecule has 0 saturated heterocycles. The largest absolute Gasteiger partial charge is 0.506 e. The van der Waals surface area contributed by atoms with Crippen molar-refractivity contribution in [1.82, 2.24) is 19.9 Å². The molecule has 2 aromatic heterocycles. The highest BCUT2D eigenvalue weighted by atomic mass is 16.3. The van der Waals surface area contributed by atoms with E-state index in [0.29, 0.717) is 17.8 Å². The molecule has 3 rings (SSSR count). The lowest BCUT2D eigenvalue weighted by Crippen LogP contribution is -2.25. The number of nitrogens with one attached hydrogen (secondary N) is 1. The summed E-state index contributed by atoms with van der Waals surface area (Å²) in [5.41, 5.74) is 2.14. The Morgan fingerprint density at radius 1 is 1.23 bits per heavy atom. The minimum atomic E-state index is -0.105. The minimum Gasteiger partial charge on any atom is -0.506 e. The van der Waals surface area contributed by atoms with Crippen LogP contribution in [0.4, 0.5) is 0 Å². The zero-order chi connectivity index (χ0) is 18.4. The van der Waals surface area contributed by atoms with Gasteiger partial charge in [0.25, 0.3) is 5.91 Å². The van der Waals surface area contributed by atoms with Crippen LogP contribution in [0.5, 0.6) is 5.75 Å². The van der Waals surface area contributed by atoms with Crippen molar-refractivity contribution >= 4 is 5.91 Å². The number of hydrogen-bond acceptors (Lipinski definition) is 4. The molecule has 134 valence electrons. The number of aryl methyl sites for hydroxylation is 2. The fraction of sp³-hybridized carbons (Fsp3) is 0.250. The molecule has 0 atom stereocenters. The molecule has 1 aromatic carbocycles. The summed E-state index contributed by atoms with van der Waals surface area (Å²) in [6.45, 7) is 3.51. The van der Waals surface area contributed by atoms with Gasteiger partial charge in [-0.3, -0.25) is 9.78 Å². The van der Waals surface area contributed by atoms with Crippen molar-refractivity contribution in [2.75, 3.05) is 6.54 Å². The van der Waals surface area contributed by atoms with Gasteiger partial charge in [-0.25, -0.2) is 4.98 Å². The van der Waals surface area contributed by atoms with Gasteiger partial charge in [0.15, 0.2) is 0 Å². The summed E-state index contributed by atoms with van der Waals surface area (Å²) >= 11 is 0. The first kappa shape index (κ1) is 17.7. The number of hydrogen-bond donors (Lipinski definition) is 2. The zero-order valence-electron chi connectivity index (χ0n) is 14.7. The van der Waals surface area contributed by atoms with Gasteiger partial charge in [-0.15, -0.1) is 0 Å². The number of carbonyl (C=O) groups is 1. The molecule has 2 heterocycles. The smallest absolute Gasteiger partial charge is 0.251 e. The Labute approximate surface area is 152 Å². The molecule has 0 bridgehead atoms. The van der Waals surface area contributed by atoms with Crippen LogP contribution in [0.1, 0.15) is 29.5 Å². The van der Waals surface area contributed by atoms with Crippen LogP contribution in [0.25, 0.3) is 11.3 Å². The van der Waals surface area contributed by atoms with E-state index in [0.717, 1.165) is 30.8 Å². The molecule has 26 heavy (non-hydrogen) atoms. The average molecular weight is 350 g/mol. The van der Waals surface area contributed by atoms with Crippen molar-refractivity contribution in [3.63, 3.8) is 0 Å². The molecular formula is C20H22N4O2. The number of pyridine rings is 1. The van der Waals surface area contributed by atoms with Gasteiger partial charge in [0, 0.05) is 43.0 Å². The van der Waals surface area contributed by atoms with Gasteiger partial charge < -0.3 is 15.0 Å². The Balaban J connectivity index is 1.56. The summed E-state index contributed by atoms with van der Waals surface area (Å²) in [6, 6.07) is 10.6. The molecule has 0 aliphatic heterocycles. The molecule has 0 saturated carbocycles. The molecule has 2 N–H and O–H groups in total. The number of imidazole rings is 1. The van der Waals surface area contributed by atoms with Gasteiger partial charge in [0.2, 0.25) is 0 Å². The predicted molar refractivity (Wildman–Crippen MR) is 99.9 cm³/mol. The van der Waals surface area contributed by atoms with Gasteiger partial charge in [0.1, 0.15) is 11.6 Å². The second kappa shape index (κ2) is 8.29. The zero-order valence-corrected chi connectivity index (χ0v) is 14.7. The number of carbonyl (C=O) groups excluding carboxylic acids is 1. The SMILES string of the molecule is CCc1nccn1CCCNC(=O)c1cccc(-c2ccc(O)cn2)c1. The summed E-state index contributed by atoms with van der Waals surface area (Å²) in [5, 5.41) is 12.3. The second-order valence-corrected chi connectivity index (χ2v) is 5.98. The van der Waals surface area contributed by atoms with Gasteiger partial charge in [-0.05, 0) is 30.7 Å². The second-order valence-electron chi connectivity index (χ2n) is 5.98. The summed E-state index contributed by atoms with van der Waals surface area (Å²) in [4.78, 5) is 20.8. The van der Waals surface area contributed by atoms with E-state index in [1.165, 1.54) is 6.20 Å². The third-order valence-electron chi connectivity index (χ3n) is 4.15. The quantitative estimate of drug-likeness (QED) is 0.642. The fourth-order valence-electron chi connectivity index (χ4n) is 2.79. The summed E-state index contributed by atoms with van der Waals surface area (Å²) in [5.74, 6) is 1.07. The first-order chi connectivity index (χ1) is 12.7. The predicted octanol–water partition coefficient (Wildman–Crippen LogP) is 3.03. The molecule has 0 unspecified atom stereocenters. The van der Waals surface area contributed by atoms with Crippen molar-refractivity contribution < 1.29 is 9.90 Å². The Morgan fingerprint density at radius 2 is 2.12 bits per heavy atom. The van der Waals surface area contributed by atoms with Crippen LogP contribution in [0.2, 0.25) is 0 Å². The van der Waals surface area contributed by atoms with Gasteiger partial charge in [0.05, 0.1) is 11.9 Å². The van der Waals surface area contributed by atoms with Crippen LogP contribution < -0.4 is 5.32 Å². The van der Waals surface area contributed by atoms with Crippen molar-refractivity contribution in [3.8, 4) is 17.0 Å². The van der Waals surface area contributed by atoms with E-state index in [1.54, 1.807) is 30.5 Å². The molecule has 0 fully saturated rings. The summed E-state index contributed by atoms with van der Waals surface area (Å²) < 4.78 is 2.11. The first-order valence-corrected chi connectivity index (χ1v) is 8.71. The van der Waals surface area contributed by atoms with Gasteiger partial charge in [-0.1, -0.05) is 19.1 Å². The van der Waals surface area contributed by atoms with Crippen LogP contribution in [0.15, 0.2) is 55.0 Å². The van der Waals surface area contributed by atoms with E-state index in [2.05, 4.69) is 26.8 Å². The van der Waals surface area contributed by atoms with E-state index < -0.39 is 0 Å². The maximum absolute atomic E-state index is 12.4. The van der Waals surface area contributed by atoms with E-state index in [9.17, 15) is 9.90 Å². The number of aromatic nitrogens is 3. The van der Waals surface area contributed by atoms with E-state index >= 15 is 0 Å². The molecule has 6 nitrogen and oxygen atoms in total. The third-order valence-corrected chi connectivity index (χ3v) is 4.15. The molecule has 6 heteroatoms. The Hall–Kier alpha value is -3.15. The fourth-order valence-corrected chi connectivity index (χ4v) is 2.79. The van der Waals surface area contributed by atoms with Crippen LogP contribution in [0.3, 0.4) is 0 Å². The lowest BCUT2D eigenvalue weighted by molar-refractivity contribution is 0.0952. The van der Waals surface area contributed by atoms with Crippen molar-refractivity contribution in [3.05, 3.63) is 66.4 Å². The van der Waals surface area contributed by atoms with E-state index in [-0.39, 0.29) is 11.7 Å². The molecule has 1 amide bonds. The topological polar surface area (TPSA) is 80.0 Å². The Kier molecular flexibility index (Phi) is 5.63. The summed E-state index contributed by atoms with van der Waals surface area (Å²) in [7, 11) is 0. The number of rotatable bonds is 7. The molecule has 3 aromatic rings. The number of aromatic hydroxyl groups is 1. The lowest BCUT2D eigenvalue weighted by Gasteiger charge is -2.09. The standard InChI is InChI=1S/C20H22N4O2/c1-2-19-21-10-12-24(19)11-4-9-22-20(26)16-6-3-5-15(13-16)18-8-7-17(25)14-23-18/h3,5-8,10,12-14,25H,2,4,9,11H2,1H3,(H,22,26). The van der Waals surface area contributed by atoms with Crippen molar-refractivity contribution in [1.29, 1.82) is 0 Å². The Morgan fingerprint density at radius 3 is 2.88 bits per heavy atom. The van der Waals surface area contributed by atoms with Crippen LogP contribution in [0, 0.1) is 0 Å². The highest BCUT2D eigenvalue weighted by Gasteiger charge is 2.08. The average Bonchev–Trinajstić information content (AvgIpc) is 3.13. The summed E-state index contributed by atoms with van der Waals surface area (Å²) in [6.07, 6.45) is 6.91. The maximum Gasteiger partial charge on any atom is 0.251 e. The number of amides is 1. The van der Waals surface area contributed by atoms with Crippen LogP contribution in [-0.4, -0.2) is 32.1 Å². The first-order valence-electron chi connectivity index (χ1n) is 8.71. The Bertz CT molecular complexity index is 872. The monoisotopic (exact) mass is 350 g/mol. The number of benzene rings is 1. The van der Waals surface area contributed by atoms with E-state index in [1.807, 2.05) is 18.3 Å². The van der Waals surface area contributed by atoms with Crippen molar-refractivity contribution in [2.24, 2.45) is 0 Å². The van der Waals surface area contributed by atoms with Crippen LogP contribution >= 0.6 is 0 Å². The number of nitrogens with zero attached hydrogens (tertiary/aromatic N) is 3. The third kappa shape index (κ3) is 4.27. The highest BCUT2D eigenvalue weighted by molar-refractivity contribution is 5.95. The van der Waals surface area contributed by atoms with E-state index in [4.69, 9.17) is 0 Å². The van der Waals surface area contributed by atoms with Crippen molar-refractivity contribution in [2.45, 2.75) is 26.3 Å². The maximum atomic E-state index is 12.4. The van der Waals surface area contributed by atoms with Gasteiger partial charge in [-0.2, -0.15) is 0 Å². The molecular weight excluding hydrogens is 328 g/mol. The molecule has 0 aliphatic rings. The minimum absolute atomic E-state index is 0.105. The molecule has 0 aliphatic carbocycles. The lowest BCUT2D eigenvalue weighted by atomic mass is 10.1. The van der Waals surface area contributed by atoms with Gasteiger partial charge >= 0.3 is 0 Å². The van der Waals surface area contributed by atoms with Crippen LogP contribution in [-0.2, 0) is 13.0 Å². The normalized spacial score (nSPS) is 10.7. The molecule has 0 spiro atoms. The molecule has 0 radical (unpaired) electrons. The highest BCUT2D eigenvalue weighted by Crippen LogP contribution is 2.20.